The fourth-order valence-electron chi connectivity index (χ4n) is 2.32. The molecule has 0 aromatic heterocycles. The molecule has 1 aromatic rings. The van der Waals surface area contributed by atoms with Gasteiger partial charge in [0.1, 0.15) is 0 Å². The Hall–Kier alpha value is -0.870. The van der Waals surface area contributed by atoms with Crippen molar-refractivity contribution in [2.24, 2.45) is 5.73 Å². The number of rotatable bonds is 3. The van der Waals surface area contributed by atoms with Gasteiger partial charge in [0.25, 0.3) is 0 Å². The third-order valence-corrected chi connectivity index (χ3v) is 4.04. The number of amides is 1. The number of benzene rings is 1. The number of hydrogen-bond acceptors (Lipinski definition) is 2. The van der Waals surface area contributed by atoms with Crippen molar-refractivity contribution in [3.63, 3.8) is 0 Å². The van der Waals surface area contributed by atoms with Gasteiger partial charge in [0.05, 0.1) is 6.42 Å². The summed E-state index contributed by atoms with van der Waals surface area (Å²) in [5.41, 5.74) is 6.72. The minimum Gasteiger partial charge on any atom is -0.338 e. The third-order valence-electron chi connectivity index (χ3n) is 3.27. The molecule has 2 rings (SSSR count). The van der Waals surface area contributed by atoms with E-state index in [-0.39, 0.29) is 11.9 Å². The van der Waals surface area contributed by atoms with Crippen molar-refractivity contribution < 1.29 is 4.79 Å². The lowest BCUT2D eigenvalue weighted by atomic mass is 10.1. The summed E-state index contributed by atoms with van der Waals surface area (Å²) >= 11 is 3.47. The largest absolute Gasteiger partial charge is 0.338 e. The van der Waals surface area contributed by atoms with Crippen molar-refractivity contribution in [1.29, 1.82) is 0 Å². The lowest BCUT2D eigenvalue weighted by Crippen LogP contribution is -2.40. The van der Waals surface area contributed by atoms with E-state index in [9.17, 15) is 4.79 Å². The summed E-state index contributed by atoms with van der Waals surface area (Å²) in [5.74, 6) is 0.185. The van der Waals surface area contributed by atoms with E-state index in [2.05, 4.69) is 15.9 Å². The van der Waals surface area contributed by atoms with Crippen LogP contribution in [-0.4, -0.2) is 29.9 Å². The second-order valence-corrected chi connectivity index (χ2v) is 5.24. The van der Waals surface area contributed by atoms with E-state index >= 15 is 0 Å². The molecule has 1 fully saturated rings. The molecule has 1 heterocycles. The highest BCUT2D eigenvalue weighted by Crippen LogP contribution is 2.21. The molecule has 4 heteroatoms. The van der Waals surface area contributed by atoms with E-state index in [1.54, 1.807) is 0 Å². The van der Waals surface area contributed by atoms with Crippen LogP contribution in [0.1, 0.15) is 18.4 Å². The maximum Gasteiger partial charge on any atom is 0.227 e. The fourth-order valence-corrected chi connectivity index (χ4v) is 2.74. The standard InChI is InChI=1S/C13H17BrN2O/c14-12-6-2-1-4-10(12)8-13(17)16-7-3-5-11(16)9-15/h1-2,4,6,11H,3,5,7-9,15H2/t11-/m0/s1. The minimum absolute atomic E-state index is 0.185. The first kappa shape index (κ1) is 12.6. The van der Waals surface area contributed by atoms with E-state index < -0.39 is 0 Å². The van der Waals surface area contributed by atoms with E-state index in [0.717, 1.165) is 29.4 Å². The van der Waals surface area contributed by atoms with Crippen LogP contribution in [0.5, 0.6) is 0 Å². The molecule has 0 bridgehead atoms. The lowest BCUT2D eigenvalue weighted by Gasteiger charge is -2.23. The first-order valence-electron chi connectivity index (χ1n) is 5.95. The number of hydrogen-bond donors (Lipinski definition) is 1. The van der Waals surface area contributed by atoms with Gasteiger partial charge in [0.2, 0.25) is 5.91 Å². The first-order chi connectivity index (χ1) is 8.22. The Kier molecular flexibility index (Phi) is 4.18. The zero-order chi connectivity index (χ0) is 12.3. The van der Waals surface area contributed by atoms with Crippen LogP contribution in [0.3, 0.4) is 0 Å². The normalized spacial score (nSPS) is 19.6. The predicted molar refractivity (Wildman–Crippen MR) is 71.6 cm³/mol. The summed E-state index contributed by atoms with van der Waals surface area (Å²) in [5, 5.41) is 0. The molecule has 1 aliphatic heterocycles. The van der Waals surface area contributed by atoms with Gasteiger partial charge in [-0.2, -0.15) is 0 Å². The van der Waals surface area contributed by atoms with E-state index in [1.807, 2.05) is 29.2 Å². The number of nitrogens with two attached hydrogens (primary N) is 1. The predicted octanol–water partition coefficient (Wildman–Crippen LogP) is 1.94. The smallest absolute Gasteiger partial charge is 0.227 e. The molecule has 1 aromatic carbocycles. The molecule has 1 aliphatic rings. The second-order valence-electron chi connectivity index (χ2n) is 4.39. The molecule has 0 unspecified atom stereocenters. The van der Waals surface area contributed by atoms with Crippen molar-refractivity contribution in [2.45, 2.75) is 25.3 Å². The average Bonchev–Trinajstić information content (AvgIpc) is 2.80. The number of carbonyl (C=O) groups is 1. The first-order valence-corrected chi connectivity index (χ1v) is 6.74. The Balaban J connectivity index is 2.04. The summed E-state index contributed by atoms with van der Waals surface area (Å²) in [7, 11) is 0. The van der Waals surface area contributed by atoms with Crippen molar-refractivity contribution in [1.82, 2.24) is 4.90 Å². The Bertz CT molecular complexity index is 408. The van der Waals surface area contributed by atoms with Crippen LogP contribution in [0.15, 0.2) is 28.7 Å². The molecule has 3 nitrogen and oxygen atoms in total. The van der Waals surface area contributed by atoms with Gasteiger partial charge in [-0.3, -0.25) is 4.79 Å². The van der Waals surface area contributed by atoms with Gasteiger partial charge in [-0.05, 0) is 24.5 Å². The second kappa shape index (κ2) is 5.65. The third kappa shape index (κ3) is 2.87. The zero-order valence-corrected chi connectivity index (χ0v) is 11.3. The summed E-state index contributed by atoms with van der Waals surface area (Å²) < 4.78 is 0.997. The highest BCUT2D eigenvalue weighted by Gasteiger charge is 2.27. The van der Waals surface area contributed by atoms with Crippen molar-refractivity contribution >= 4 is 21.8 Å². The van der Waals surface area contributed by atoms with Crippen molar-refractivity contribution in [3.8, 4) is 0 Å². The van der Waals surface area contributed by atoms with Crippen LogP contribution in [0.4, 0.5) is 0 Å². The van der Waals surface area contributed by atoms with Crippen LogP contribution in [0.25, 0.3) is 0 Å². The zero-order valence-electron chi connectivity index (χ0n) is 9.73. The minimum atomic E-state index is 0.185. The van der Waals surface area contributed by atoms with Gasteiger partial charge in [-0.25, -0.2) is 0 Å². The Morgan fingerprint density at radius 1 is 1.47 bits per heavy atom. The highest BCUT2D eigenvalue weighted by atomic mass is 79.9. The van der Waals surface area contributed by atoms with E-state index in [1.165, 1.54) is 0 Å². The molecule has 1 saturated heterocycles. The molecule has 1 atom stereocenters. The van der Waals surface area contributed by atoms with Gasteiger partial charge in [-0.15, -0.1) is 0 Å². The van der Waals surface area contributed by atoms with Gasteiger partial charge >= 0.3 is 0 Å². The molecule has 17 heavy (non-hydrogen) atoms. The van der Waals surface area contributed by atoms with Gasteiger partial charge in [0, 0.05) is 23.6 Å². The van der Waals surface area contributed by atoms with E-state index in [0.29, 0.717) is 13.0 Å². The summed E-state index contributed by atoms with van der Waals surface area (Å²) in [6.07, 6.45) is 2.57. The summed E-state index contributed by atoms with van der Waals surface area (Å²) in [6, 6.07) is 8.10. The number of carbonyl (C=O) groups excluding carboxylic acids is 1. The maximum absolute atomic E-state index is 12.2. The molecule has 0 radical (unpaired) electrons. The molecular formula is C13H17BrN2O. The SMILES string of the molecule is NC[C@@H]1CCCN1C(=O)Cc1ccccc1Br. The quantitative estimate of drug-likeness (QED) is 0.927. The molecule has 92 valence electrons. The van der Waals surface area contributed by atoms with Gasteiger partial charge in [-0.1, -0.05) is 34.1 Å². The van der Waals surface area contributed by atoms with Crippen LogP contribution < -0.4 is 5.73 Å². The van der Waals surface area contributed by atoms with Crippen molar-refractivity contribution in [3.05, 3.63) is 34.3 Å². The summed E-state index contributed by atoms with van der Waals surface area (Å²) in [6.45, 7) is 1.42. The molecular weight excluding hydrogens is 280 g/mol. The van der Waals surface area contributed by atoms with Gasteiger partial charge in [0.15, 0.2) is 0 Å². The Morgan fingerprint density at radius 2 is 2.24 bits per heavy atom. The van der Waals surface area contributed by atoms with Crippen LogP contribution >= 0.6 is 15.9 Å². The topological polar surface area (TPSA) is 46.3 Å². The average molecular weight is 297 g/mol. The maximum atomic E-state index is 12.2. The highest BCUT2D eigenvalue weighted by molar-refractivity contribution is 9.10. The lowest BCUT2D eigenvalue weighted by molar-refractivity contribution is -0.131. The molecule has 2 N–H and O–H groups in total. The van der Waals surface area contributed by atoms with Crippen LogP contribution in [0, 0.1) is 0 Å². The monoisotopic (exact) mass is 296 g/mol. The fraction of sp³-hybridized carbons (Fsp3) is 0.462. The molecule has 0 saturated carbocycles. The van der Waals surface area contributed by atoms with Crippen LogP contribution in [0.2, 0.25) is 0 Å². The molecule has 1 amide bonds. The molecule has 0 aliphatic carbocycles. The Morgan fingerprint density at radius 3 is 2.94 bits per heavy atom. The van der Waals surface area contributed by atoms with Crippen molar-refractivity contribution in [2.75, 3.05) is 13.1 Å². The number of likely N-dealkylation sites (tertiary alicyclic amines) is 1. The number of halogens is 1. The molecule has 0 spiro atoms. The number of nitrogens with zero attached hydrogens (tertiary/aromatic N) is 1. The van der Waals surface area contributed by atoms with Crippen LogP contribution in [-0.2, 0) is 11.2 Å². The van der Waals surface area contributed by atoms with E-state index in [4.69, 9.17) is 5.73 Å². The Labute approximate surface area is 110 Å². The summed E-state index contributed by atoms with van der Waals surface area (Å²) in [4.78, 5) is 14.1. The van der Waals surface area contributed by atoms with Gasteiger partial charge < -0.3 is 10.6 Å².